The van der Waals surface area contributed by atoms with E-state index in [1.165, 1.54) is 0 Å². The van der Waals surface area contributed by atoms with Gasteiger partial charge in [0.1, 0.15) is 5.15 Å². The zero-order valence-corrected chi connectivity index (χ0v) is 13.2. The number of para-hydroxylation sites is 1. The molecule has 110 valence electrons. The van der Waals surface area contributed by atoms with Crippen LogP contribution in [0.1, 0.15) is 22.8 Å². The fourth-order valence-corrected chi connectivity index (χ4v) is 2.53. The van der Waals surface area contributed by atoms with E-state index in [2.05, 4.69) is 15.6 Å². The van der Waals surface area contributed by atoms with Crippen LogP contribution in [-0.2, 0) is 0 Å². The normalized spacial score (nSPS) is 10.3. The van der Waals surface area contributed by atoms with Crippen LogP contribution >= 0.6 is 23.2 Å². The quantitative estimate of drug-likeness (QED) is 0.821. The van der Waals surface area contributed by atoms with E-state index in [0.717, 1.165) is 17.8 Å². The summed E-state index contributed by atoms with van der Waals surface area (Å²) in [6, 6.07) is 8.94. The number of carbonyl (C=O) groups is 1. The summed E-state index contributed by atoms with van der Waals surface area (Å²) in [6.07, 6.45) is 0. The average Bonchev–Trinajstić information content (AvgIpc) is 2.43. The number of nitrogens with one attached hydrogen (secondary N) is 2. The molecular weight excluding hydrogens is 309 g/mol. The smallest absolute Gasteiger partial charge is 0.257 e. The first kappa shape index (κ1) is 15.6. The second kappa shape index (κ2) is 6.78. The second-order valence-corrected chi connectivity index (χ2v) is 5.20. The Morgan fingerprint density at radius 3 is 2.67 bits per heavy atom. The van der Waals surface area contributed by atoms with Gasteiger partial charge in [0.25, 0.3) is 5.91 Å². The molecule has 0 fully saturated rings. The lowest BCUT2D eigenvalue weighted by atomic mass is 10.1. The first-order chi connectivity index (χ1) is 10.0. The molecule has 6 heteroatoms. The van der Waals surface area contributed by atoms with Gasteiger partial charge in [0.2, 0.25) is 0 Å². The maximum absolute atomic E-state index is 12.4. The number of benzene rings is 1. The molecule has 1 aromatic heterocycles. The zero-order valence-electron chi connectivity index (χ0n) is 11.7. The molecule has 0 unspecified atom stereocenters. The van der Waals surface area contributed by atoms with Crippen LogP contribution in [0.15, 0.2) is 30.3 Å². The molecule has 2 rings (SSSR count). The van der Waals surface area contributed by atoms with Crippen LogP contribution in [0.2, 0.25) is 10.3 Å². The highest BCUT2D eigenvalue weighted by Crippen LogP contribution is 2.27. The van der Waals surface area contributed by atoms with Gasteiger partial charge in [-0.05, 0) is 37.6 Å². The molecular formula is C15H15Cl2N3O. The highest BCUT2D eigenvalue weighted by atomic mass is 35.5. The van der Waals surface area contributed by atoms with Crippen LogP contribution in [-0.4, -0.2) is 17.4 Å². The SMILES string of the molecule is CCNc1ccccc1C(=O)Nc1c(C)cc(Cl)nc1Cl. The summed E-state index contributed by atoms with van der Waals surface area (Å²) in [5, 5.41) is 6.41. The average molecular weight is 324 g/mol. The monoisotopic (exact) mass is 323 g/mol. The Morgan fingerprint density at radius 2 is 2.00 bits per heavy atom. The minimum absolute atomic E-state index is 0.175. The lowest BCUT2D eigenvalue weighted by Crippen LogP contribution is -2.16. The molecule has 21 heavy (non-hydrogen) atoms. The summed E-state index contributed by atoms with van der Waals surface area (Å²) in [7, 11) is 0. The Kier molecular flexibility index (Phi) is 5.04. The minimum Gasteiger partial charge on any atom is -0.385 e. The number of hydrogen-bond acceptors (Lipinski definition) is 3. The predicted octanol–water partition coefficient (Wildman–Crippen LogP) is 4.38. The molecule has 0 radical (unpaired) electrons. The Labute approximate surface area is 133 Å². The molecule has 0 spiro atoms. The molecule has 1 heterocycles. The number of pyridine rings is 1. The van der Waals surface area contributed by atoms with E-state index in [-0.39, 0.29) is 11.1 Å². The number of amides is 1. The zero-order chi connectivity index (χ0) is 15.4. The molecule has 0 aliphatic heterocycles. The van der Waals surface area contributed by atoms with Crippen molar-refractivity contribution in [3.05, 3.63) is 51.8 Å². The van der Waals surface area contributed by atoms with Gasteiger partial charge in [-0.3, -0.25) is 4.79 Å². The van der Waals surface area contributed by atoms with E-state index in [9.17, 15) is 4.79 Å². The lowest BCUT2D eigenvalue weighted by molar-refractivity contribution is 0.102. The van der Waals surface area contributed by atoms with Gasteiger partial charge in [-0.15, -0.1) is 0 Å². The molecule has 0 bridgehead atoms. The van der Waals surface area contributed by atoms with E-state index >= 15 is 0 Å². The molecule has 4 nitrogen and oxygen atoms in total. The number of aryl methyl sites for hydroxylation is 1. The first-order valence-electron chi connectivity index (χ1n) is 6.49. The van der Waals surface area contributed by atoms with Crippen molar-refractivity contribution in [3.63, 3.8) is 0 Å². The molecule has 2 N–H and O–H groups in total. The van der Waals surface area contributed by atoms with Crippen LogP contribution in [0.3, 0.4) is 0 Å². The van der Waals surface area contributed by atoms with Gasteiger partial charge in [0.15, 0.2) is 5.15 Å². The maximum Gasteiger partial charge on any atom is 0.257 e. The number of halogens is 2. The topological polar surface area (TPSA) is 54.0 Å². The molecule has 0 aliphatic rings. The standard InChI is InChI=1S/C15H15Cl2N3O/c1-3-18-11-7-5-4-6-10(11)15(21)20-13-9(2)8-12(16)19-14(13)17/h4-8,18H,3H2,1-2H3,(H,20,21). The van der Waals surface area contributed by atoms with Gasteiger partial charge < -0.3 is 10.6 Å². The van der Waals surface area contributed by atoms with Gasteiger partial charge in [-0.25, -0.2) is 4.98 Å². The van der Waals surface area contributed by atoms with Crippen molar-refractivity contribution >= 4 is 40.5 Å². The summed E-state index contributed by atoms with van der Waals surface area (Å²) in [6.45, 7) is 4.51. The first-order valence-corrected chi connectivity index (χ1v) is 7.25. The van der Waals surface area contributed by atoms with Crippen molar-refractivity contribution in [1.29, 1.82) is 0 Å². The van der Waals surface area contributed by atoms with E-state index in [0.29, 0.717) is 16.4 Å². The van der Waals surface area contributed by atoms with Crippen molar-refractivity contribution in [2.75, 3.05) is 17.2 Å². The molecule has 2 aromatic rings. The van der Waals surface area contributed by atoms with Crippen molar-refractivity contribution in [2.24, 2.45) is 0 Å². The summed E-state index contributed by atoms with van der Waals surface area (Å²) in [5.74, 6) is -0.249. The third kappa shape index (κ3) is 3.65. The van der Waals surface area contributed by atoms with Gasteiger partial charge in [-0.1, -0.05) is 35.3 Å². The van der Waals surface area contributed by atoms with Crippen LogP contribution in [0.4, 0.5) is 11.4 Å². The Balaban J connectivity index is 2.31. The van der Waals surface area contributed by atoms with Crippen LogP contribution in [0, 0.1) is 6.92 Å². The molecule has 1 aromatic carbocycles. The lowest BCUT2D eigenvalue weighted by Gasteiger charge is -2.13. The number of anilines is 2. The highest BCUT2D eigenvalue weighted by molar-refractivity contribution is 6.35. The summed E-state index contributed by atoms with van der Waals surface area (Å²) < 4.78 is 0. The predicted molar refractivity (Wildman–Crippen MR) is 87.6 cm³/mol. The van der Waals surface area contributed by atoms with Crippen LogP contribution in [0.25, 0.3) is 0 Å². The Morgan fingerprint density at radius 1 is 1.29 bits per heavy atom. The van der Waals surface area contributed by atoms with Gasteiger partial charge >= 0.3 is 0 Å². The van der Waals surface area contributed by atoms with Crippen molar-refractivity contribution in [3.8, 4) is 0 Å². The van der Waals surface area contributed by atoms with Crippen LogP contribution < -0.4 is 10.6 Å². The summed E-state index contributed by atoms with van der Waals surface area (Å²) in [4.78, 5) is 16.4. The largest absolute Gasteiger partial charge is 0.385 e. The molecule has 1 amide bonds. The number of hydrogen-bond donors (Lipinski definition) is 2. The fourth-order valence-electron chi connectivity index (χ4n) is 1.95. The minimum atomic E-state index is -0.249. The maximum atomic E-state index is 12.4. The third-order valence-corrected chi connectivity index (χ3v) is 3.39. The summed E-state index contributed by atoms with van der Waals surface area (Å²) in [5.41, 5.74) is 2.55. The Bertz CT molecular complexity index is 651. The van der Waals surface area contributed by atoms with Crippen molar-refractivity contribution < 1.29 is 4.79 Å². The molecule has 0 atom stereocenters. The molecule has 0 aliphatic carbocycles. The number of nitrogens with zero attached hydrogens (tertiary/aromatic N) is 1. The van der Waals surface area contributed by atoms with E-state index < -0.39 is 0 Å². The molecule has 0 saturated heterocycles. The van der Waals surface area contributed by atoms with Gasteiger partial charge in [0, 0.05) is 12.2 Å². The fraction of sp³-hybridized carbons (Fsp3) is 0.200. The van der Waals surface area contributed by atoms with Crippen molar-refractivity contribution in [2.45, 2.75) is 13.8 Å². The van der Waals surface area contributed by atoms with Crippen LogP contribution in [0.5, 0.6) is 0 Å². The number of rotatable bonds is 4. The number of aromatic nitrogens is 1. The van der Waals surface area contributed by atoms with Crippen molar-refractivity contribution in [1.82, 2.24) is 4.98 Å². The summed E-state index contributed by atoms with van der Waals surface area (Å²) >= 11 is 11.9. The molecule has 0 saturated carbocycles. The van der Waals surface area contributed by atoms with E-state index in [1.54, 1.807) is 12.1 Å². The van der Waals surface area contributed by atoms with E-state index in [1.807, 2.05) is 32.0 Å². The third-order valence-electron chi connectivity index (χ3n) is 2.92. The van der Waals surface area contributed by atoms with Gasteiger partial charge in [0.05, 0.1) is 11.3 Å². The Hall–Kier alpha value is -1.78. The second-order valence-electron chi connectivity index (χ2n) is 4.46. The van der Waals surface area contributed by atoms with Gasteiger partial charge in [-0.2, -0.15) is 0 Å². The highest BCUT2D eigenvalue weighted by Gasteiger charge is 2.15. The number of carbonyl (C=O) groups excluding carboxylic acids is 1. The van der Waals surface area contributed by atoms with E-state index in [4.69, 9.17) is 23.2 Å².